The summed E-state index contributed by atoms with van der Waals surface area (Å²) in [5, 5.41) is 3.00. The van der Waals surface area contributed by atoms with Crippen molar-refractivity contribution in [1.82, 2.24) is 10.2 Å². The number of aryl methyl sites for hydroxylation is 2. The molecule has 1 aliphatic heterocycles. The maximum Gasteiger partial charge on any atom is 0.258 e. The third kappa shape index (κ3) is 5.13. The van der Waals surface area contributed by atoms with Gasteiger partial charge in [-0.3, -0.25) is 9.59 Å². The van der Waals surface area contributed by atoms with Crippen LogP contribution < -0.4 is 10.1 Å². The number of rotatable bonds is 5. The predicted octanol–water partition coefficient (Wildman–Crippen LogP) is 3.55. The Morgan fingerprint density at radius 1 is 1.03 bits per heavy atom. The zero-order chi connectivity index (χ0) is 21.0. The highest BCUT2D eigenvalue weighted by Crippen LogP contribution is 2.25. The fourth-order valence-corrected chi connectivity index (χ4v) is 3.56. The lowest BCUT2D eigenvalue weighted by Gasteiger charge is -2.32. The number of likely N-dealkylation sites (tertiary alicyclic amines) is 1. The summed E-state index contributed by atoms with van der Waals surface area (Å²) in [6.45, 7) is 7.05. The van der Waals surface area contributed by atoms with Gasteiger partial charge in [-0.15, -0.1) is 0 Å². The second kappa shape index (κ2) is 9.07. The van der Waals surface area contributed by atoms with E-state index < -0.39 is 0 Å². The number of nitrogens with zero attached hydrogens (tertiary/aromatic N) is 1. The molecule has 0 spiro atoms. The van der Waals surface area contributed by atoms with Crippen LogP contribution in [0.5, 0.6) is 5.75 Å². The molecule has 5 nitrogen and oxygen atoms in total. The molecule has 0 saturated carbocycles. The first-order valence-electron chi connectivity index (χ1n) is 9.89. The summed E-state index contributed by atoms with van der Waals surface area (Å²) in [7, 11) is 0. The molecule has 0 radical (unpaired) electrons. The molecule has 1 saturated heterocycles. The van der Waals surface area contributed by atoms with Crippen molar-refractivity contribution in [2.45, 2.75) is 39.7 Å². The Labute approximate surface area is 170 Å². The molecule has 2 aromatic carbocycles. The number of carbonyl (C=O) groups excluding carboxylic acids is 2. The van der Waals surface area contributed by atoms with Gasteiger partial charge in [0.05, 0.1) is 0 Å². The predicted molar refractivity (Wildman–Crippen MR) is 110 cm³/mol. The van der Waals surface area contributed by atoms with Crippen molar-refractivity contribution in [1.29, 1.82) is 0 Å². The van der Waals surface area contributed by atoms with E-state index in [4.69, 9.17) is 4.74 Å². The summed E-state index contributed by atoms with van der Waals surface area (Å²) in [5.41, 5.74) is 3.66. The van der Waals surface area contributed by atoms with Gasteiger partial charge in [0.25, 0.3) is 11.8 Å². The summed E-state index contributed by atoms with van der Waals surface area (Å²) in [6, 6.07) is 9.62. The van der Waals surface area contributed by atoms with E-state index >= 15 is 0 Å². The molecule has 1 N–H and O–H groups in total. The molecule has 29 heavy (non-hydrogen) atoms. The first kappa shape index (κ1) is 20.8. The number of carbonyl (C=O) groups is 2. The highest BCUT2D eigenvalue weighted by Gasteiger charge is 2.24. The van der Waals surface area contributed by atoms with Gasteiger partial charge >= 0.3 is 0 Å². The van der Waals surface area contributed by atoms with Gasteiger partial charge in [-0.1, -0.05) is 12.1 Å². The van der Waals surface area contributed by atoms with Gasteiger partial charge in [-0.2, -0.15) is 0 Å². The topological polar surface area (TPSA) is 58.6 Å². The van der Waals surface area contributed by atoms with Crippen molar-refractivity contribution in [3.05, 3.63) is 64.5 Å². The zero-order valence-electron chi connectivity index (χ0n) is 17.1. The van der Waals surface area contributed by atoms with E-state index in [-0.39, 0.29) is 30.3 Å². The van der Waals surface area contributed by atoms with Crippen LogP contribution >= 0.6 is 0 Å². The number of piperidine rings is 1. The normalized spacial score (nSPS) is 14.6. The lowest BCUT2D eigenvalue weighted by molar-refractivity contribution is -0.124. The van der Waals surface area contributed by atoms with Crippen molar-refractivity contribution in [2.24, 2.45) is 0 Å². The summed E-state index contributed by atoms with van der Waals surface area (Å²) < 4.78 is 18.8. The van der Waals surface area contributed by atoms with Gasteiger partial charge in [0, 0.05) is 24.7 Å². The van der Waals surface area contributed by atoms with E-state index in [2.05, 4.69) is 5.32 Å². The lowest BCUT2D eigenvalue weighted by atomic mass is 10.0. The van der Waals surface area contributed by atoms with Gasteiger partial charge < -0.3 is 15.0 Å². The maximum atomic E-state index is 13.0. The first-order valence-corrected chi connectivity index (χ1v) is 9.89. The van der Waals surface area contributed by atoms with E-state index in [0.29, 0.717) is 31.5 Å². The van der Waals surface area contributed by atoms with Gasteiger partial charge in [-0.05, 0) is 74.6 Å². The second-order valence-corrected chi connectivity index (χ2v) is 7.58. The number of halogens is 1. The van der Waals surface area contributed by atoms with Crippen molar-refractivity contribution in [3.63, 3.8) is 0 Å². The van der Waals surface area contributed by atoms with Crippen molar-refractivity contribution < 1.29 is 18.7 Å². The number of nitrogens with one attached hydrogen (secondary N) is 1. The Morgan fingerprint density at radius 2 is 1.66 bits per heavy atom. The Kier molecular flexibility index (Phi) is 6.52. The van der Waals surface area contributed by atoms with Crippen LogP contribution in [-0.4, -0.2) is 42.5 Å². The van der Waals surface area contributed by atoms with E-state index in [1.807, 2.05) is 32.9 Å². The molecule has 2 amide bonds. The molecule has 154 valence electrons. The van der Waals surface area contributed by atoms with Crippen LogP contribution in [0.25, 0.3) is 0 Å². The smallest absolute Gasteiger partial charge is 0.258 e. The number of hydrogen-bond donors (Lipinski definition) is 1. The Morgan fingerprint density at radius 3 is 2.31 bits per heavy atom. The molecule has 0 atom stereocenters. The molecule has 1 aliphatic rings. The monoisotopic (exact) mass is 398 g/mol. The largest absolute Gasteiger partial charge is 0.483 e. The van der Waals surface area contributed by atoms with Gasteiger partial charge in [0.15, 0.2) is 6.61 Å². The Bertz CT molecular complexity index is 888. The molecule has 0 aromatic heterocycles. The van der Waals surface area contributed by atoms with Crippen molar-refractivity contribution in [3.8, 4) is 5.75 Å². The summed E-state index contributed by atoms with van der Waals surface area (Å²) in [4.78, 5) is 26.5. The zero-order valence-corrected chi connectivity index (χ0v) is 17.1. The molecule has 0 unspecified atom stereocenters. The van der Waals surface area contributed by atoms with E-state index in [0.717, 1.165) is 22.4 Å². The van der Waals surface area contributed by atoms with E-state index in [1.165, 1.54) is 24.3 Å². The summed E-state index contributed by atoms with van der Waals surface area (Å²) >= 11 is 0. The number of benzene rings is 2. The highest BCUT2D eigenvalue weighted by atomic mass is 19.1. The van der Waals surface area contributed by atoms with Crippen LogP contribution in [0, 0.1) is 26.6 Å². The second-order valence-electron chi connectivity index (χ2n) is 7.58. The minimum Gasteiger partial charge on any atom is -0.483 e. The average Bonchev–Trinajstić information content (AvgIpc) is 2.71. The molecule has 3 rings (SSSR count). The lowest BCUT2D eigenvalue weighted by Crippen LogP contribution is -2.47. The summed E-state index contributed by atoms with van der Waals surface area (Å²) in [6.07, 6.45) is 1.36. The van der Waals surface area contributed by atoms with Gasteiger partial charge in [-0.25, -0.2) is 4.39 Å². The fraction of sp³-hybridized carbons (Fsp3) is 0.391. The summed E-state index contributed by atoms with van der Waals surface area (Å²) in [5.74, 6) is 0.137. The van der Waals surface area contributed by atoms with Crippen LogP contribution in [0.4, 0.5) is 4.39 Å². The number of hydrogen-bond acceptors (Lipinski definition) is 3. The standard InChI is InChI=1S/C23H27FN2O3/c1-15-4-5-16(2)22(17(15)3)29-14-21(27)25-20-10-12-26(13-11-20)23(28)18-6-8-19(24)9-7-18/h4-9,20H,10-14H2,1-3H3,(H,25,27). The molecular weight excluding hydrogens is 371 g/mol. The molecule has 1 fully saturated rings. The van der Waals surface area contributed by atoms with Crippen LogP contribution in [0.1, 0.15) is 39.9 Å². The third-order valence-corrected chi connectivity index (χ3v) is 5.46. The molecule has 2 aromatic rings. The fourth-order valence-electron chi connectivity index (χ4n) is 3.56. The van der Waals surface area contributed by atoms with Gasteiger partial charge in [0.2, 0.25) is 0 Å². The molecular formula is C23H27FN2O3. The average molecular weight is 398 g/mol. The van der Waals surface area contributed by atoms with Crippen molar-refractivity contribution >= 4 is 11.8 Å². The quantitative estimate of drug-likeness (QED) is 0.838. The number of ether oxygens (including phenoxy) is 1. The van der Waals surface area contributed by atoms with Crippen LogP contribution in [0.15, 0.2) is 36.4 Å². The van der Waals surface area contributed by atoms with E-state index in [1.54, 1.807) is 4.90 Å². The Hall–Kier alpha value is -2.89. The molecule has 1 heterocycles. The first-order chi connectivity index (χ1) is 13.8. The van der Waals surface area contributed by atoms with E-state index in [9.17, 15) is 14.0 Å². The van der Waals surface area contributed by atoms with Crippen molar-refractivity contribution in [2.75, 3.05) is 19.7 Å². The molecule has 0 bridgehead atoms. The third-order valence-electron chi connectivity index (χ3n) is 5.46. The number of amides is 2. The minimum atomic E-state index is -0.360. The minimum absolute atomic E-state index is 0.0167. The van der Waals surface area contributed by atoms with Crippen LogP contribution in [0.3, 0.4) is 0 Å². The molecule has 6 heteroatoms. The SMILES string of the molecule is Cc1ccc(C)c(OCC(=O)NC2CCN(C(=O)c3ccc(F)cc3)CC2)c1C. The van der Waals surface area contributed by atoms with Crippen LogP contribution in [-0.2, 0) is 4.79 Å². The highest BCUT2D eigenvalue weighted by molar-refractivity contribution is 5.94. The maximum absolute atomic E-state index is 13.0. The van der Waals surface area contributed by atoms with Crippen LogP contribution in [0.2, 0.25) is 0 Å². The Balaban J connectivity index is 1.47. The molecule has 0 aliphatic carbocycles. The van der Waals surface area contributed by atoms with Gasteiger partial charge in [0.1, 0.15) is 11.6 Å².